The maximum absolute atomic E-state index is 13.7. The Morgan fingerprint density at radius 2 is 1.77 bits per heavy atom. The van der Waals surface area contributed by atoms with E-state index in [-0.39, 0.29) is 18.9 Å². The summed E-state index contributed by atoms with van der Waals surface area (Å²) in [4.78, 5) is 27.1. The highest BCUT2D eigenvalue weighted by Gasteiger charge is 2.19. The zero-order valence-electron chi connectivity index (χ0n) is 16.7. The molecule has 0 saturated carbocycles. The Bertz CT molecular complexity index is 879. The van der Waals surface area contributed by atoms with E-state index in [1.165, 1.54) is 16.7 Å². The van der Waals surface area contributed by atoms with Gasteiger partial charge in [-0.25, -0.2) is 13.2 Å². The molecule has 0 unspecified atom stereocenters. The number of halogens is 3. The number of hydrogen-bond donors (Lipinski definition) is 1. The van der Waals surface area contributed by atoms with E-state index < -0.39 is 29.0 Å². The Kier molecular flexibility index (Phi) is 9.04. The molecule has 0 spiro atoms. The normalized spacial score (nSPS) is 10.6. The second kappa shape index (κ2) is 11.5. The number of anilines is 1. The summed E-state index contributed by atoms with van der Waals surface area (Å²) in [6.45, 7) is 1.90. The van der Waals surface area contributed by atoms with Gasteiger partial charge in [0.1, 0.15) is 5.75 Å². The molecule has 0 heterocycles. The summed E-state index contributed by atoms with van der Waals surface area (Å²) in [7, 11) is 1.58. The minimum absolute atomic E-state index is 0.212. The molecule has 2 aromatic rings. The van der Waals surface area contributed by atoms with Gasteiger partial charge in [-0.1, -0.05) is 6.92 Å². The Morgan fingerprint density at radius 1 is 1.07 bits per heavy atom. The van der Waals surface area contributed by atoms with Gasteiger partial charge >= 0.3 is 0 Å². The van der Waals surface area contributed by atoms with Crippen molar-refractivity contribution in [3.05, 3.63) is 53.8 Å². The monoisotopic (exact) mass is 440 g/mol. The van der Waals surface area contributed by atoms with Gasteiger partial charge in [0.05, 0.1) is 19.3 Å². The van der Waals surface area contributed by atoms with Gasteiger partial charge in [-0.15, -0.1) is 11.8 Å². The topological polar surface area (TPSA) is 58.6 Å². The fourth-order valence-corrected chi connectivity index (χ4v) is 3.47. The lowest BCUT2D eigenvalue weighted by molar-refractivity contribution is -0.134. The number of amides is 2. The van der Waals surface area contributed by atoms with Gasteiger partial charge < -0.3 is 15.0 Å². The summed E-state index contributed by atoms with van der Waals surface area (Å²) >= 11 is 1.50. The molecule has 0 aliphatic carbocycles. The molecule has 5 nitrogen and oxygen atoms in total. The van der Waals surface area contributed by atoms with Crippen molar-refractivity contribution in [2.45, 2.75) is 24.7 Å². The number of thioether (sulfide) groups is 1. The highest BCUT2D eigenvalue weighted by Crippen LogP contribution is 2.22. The summed E-state index contributed by atoms with van der Waals surface area (Å²) in [6.07, 6.45) is 0.841. The van der Waals surface area contributed by atoms with Gasteiger partial charge in [-0.3, -0.25) is 9.59 Å². The van der Waals surface area contributed by atoms with Crippen LogP contribution in [0.2, 0.25) is 0 Å². The summed E-state index contributed by atoms with van der Waals surface area (Å²) in [5.41, 5.74) is -0.474. The zero-order valence-corrected chi connectivity index (χ0v) is 17.5. The number of ether oxygens (including phenoxy) is 1. The highest BCUT2D eigenvalue weighted by atomic mass is 32.2. The summed E-state index contributed by atoms with van der Waals surface area (Å²) in [5, 5.41) is 2.18. The second-order valence-corrected chi connectivity index (χ2v) is 7.53. The third-order valence-corrected chi connectivity index (χ3v) is 5.15. The molecule has 162 valence electrons. The predicted octanol–water partition coefficient (Wildman–Crippen LogP) is 4.47. The summed E-state index contributed by atoms with van der Waals surface area (Å²) in [6, 6.07) is 9.09. The molecule has 1 N–H and O–H groups in total. The quantitative estimate of drug-likeness (QED) is 0.437. The van der Waals surface area contributed by atoms with E-state index >= 15 is 0 Å². The van der Waals surface area contributed by atoms with Crippen molar-refractivity contribution in [1.82, 2.24) is 4.90 Å². The van der Waals surface area contributed by atoms with Crippen molar-refractivity contribution in [3.8, 4) is 5.75 Å². The number of methoxy groups -OCH3 is 1. The maximum atomic E-state index is 13.7. The van der Waals surface area contributed by atoms with Crippen molar-refractivity contribution in [2.24, 2.45) is 0 Å². The number of hydrogen-bond acceptors (Lipinski definition) is 4. The largest absolute Gasteiger partial charge is 0.497 e. The Hall–Kier alpha value is -2.68. The first kappa shape index (κ1) is 23.6. The van der Waals surface area contributed by atoms with Crippen LogP contribution in [0, 0.1) is 17.5 Å². The van der Waals surface area contributed by atoms with Crippen molar-refractivity contribution in [3.63, 3.8) is 0 Å². The molecule has 2 rings (SSSR count). The first-order valence-electron chi connectivity index (χ1n) is 9.33. The van der Waals surface area contributed by atoms with Crippen LogP contribution in [-0.4, -0.2) is 42.7 Å². The van der Waals surface area contributed by atoms with Gasteiger partial charge in [0.25, 0.3) is 0 Å². The molecule has 2 amide bonds. The SMILES string of the molecule is CCCN(CC(=O)Nc1ccc(F)c(F)c1F)C(=O)CCSc1ccc(OC)cc1. The number of nitrogens with zero attached hydrogens (tertiary/aromatic N) is 1. The molecular formula is C21H23F3N2O3S. The lowest BCUT2D eigenvalue weighted by Gasteiger charge is -2.21. The van der Waals surface area contributed by atoms with Crippen LogP contribution in [0.1, 0.15) is 19.8 Å². The molecular weight excluding hydrogens is 417 g/mol. The van der Waals surface area contributed by atoms with Crippen LogP contribution in [0.3, 0.4) is 0 Å². The van der Waals surface area contributed by atoms with E-state index in [4.69, 9.17) is 4.74 Å². The molecule has 0 aliphatic heterocycles. The third kappa shape index (κ3) is 6.69. The molecule has 0 saturated heterocycles. The molecule has 0 aromatic heterocycles. The number of benzene rings is 2. The van der Waals surface area contributed by atoms with Crippen LogP contribution in [0.4, 0.5) is 18.9 Å². The minimum atomic E-state index is -1.66. The molecule has 2 aromatic carbocycles. The third-order valence-electron chi connectivity index (χ3n) is 4.13. The molecule has 0 radical (unpaired) electrons. The fourth-order valence-electron chi connectivity index (χ4n) is 2.63. The molecule has 0 aliphatic rings. The molecule has 9 heteroatoms. The smallest absolute Gasteiger partial charge is 0.244 e. The first-order valence-corrected chi connectivity index (χ1v) is 10.3. The van der Waals surface area contributed by atoms with Crippen molar-refractivity contribution < 1.29 is 27.5 Å². The molecule has 30 heavy (non-hydrogen) atoms. The predicted molar refractivity (Wildman–Crippen MR) is 110 cm³/mol. The van der Waals surface area contributed by atoms with E-state index in [1.807, 2.05) is 31.2 Å². The van der Waals surface area contributed by atoms with Gasteiger partial charge in [0, 0.05) is 23.6 Å². The van der Waals surface area contributed by atoms with Gasteiger partial charge in [0.15, 0.2) is 17.5 Å². The number of rotatable bonds is 10. The second-order valence-electron chi connectivity index (χ2n) is 6.36. The molecule has 0 bridgehead atoms. The van der Waals surface area contributed by atoms with Gasteiger partial charge in [0.2, 0.25) is 11.8 Å². The maximum Gasteiger partial charge on any atom is 0.244 e. The number of nitrogens with one attached hydrogen (secondary N) is 1. The molecule has 0 fully saturated rings. The van der Waals surface area contributed by atoms with E-state index in [0.717, 1.165) is 22.8 Å². The lowest BCUT2D eigenvalue weighted by atomic mass is 10.2. The standard InChI is InChI=1S/C21H23F3N2O3S/c1-3-11-26(13-18(27)25-17-9-8-16(22)20(23)21(17)24)19(28)10-12-30-15-6-4-14(29-2)5-7-15/h4-9H,3,10-13H2,1-2H3,(H,25,27). The molecule has 0 atom stereocenters. The van der Waals surface area contributed by atoms with Crippen LogP contribution in [0.25, 0.3) is 0 Å². The highest BCUT2D eigenvalue weighted by molar-refractivity contribution is 7.99. The Labute approximate surface area is 177 Å². The Balaban J connectivity index is 1.89. The van der Waals surface area contributed by atoms with Crippen LogP contribution < -0.4 is 10.1 Å². The minimum Gasteiger partial charge on any atom is -0.497 e. The van der Waals surface area contributed by atoms with E-state index in [2.05, 4.69) is 5.32 Å². The van der Waals surface area contributed by atoms with Gasteiger partial charge in [-0.05, 0) is 42.8 Å². The first-order chi connectivity index (χ1) is 14.3. The average molecular weight is 440 g/mol. The Morgan fingerprint density at radius 3 is 2.40 bits per heavy atom. The fraction of sp³-hybridized carbons (Fsp3) is 0.333. The van der Waals surface area contributed by atoms with Crippen molar-refractivity contribution in [1.29, 1.82) is 0 Å². The van der Waals surface area contributed by atoms with Crippen LogP contribution in [0.5, 0.6) is 5.75 Å². The van der Waals surface area contributed by atoms with Crippen molar-refractivity contribution >= 4 is 29.3 Å². The summed E-state index contributed by atoms with van der Waals surface area (Å²) < 4.78 is 45.1. The number of carbonyl (C=O) groups excluding carboxylic acids is 2. The number of carbonyl (C=O) groups is 2. The zero-order chi connectivity index (χ0) is 22.1. The van der Waals surface area contributed by atoms with E-state index in [0.29, 0.717) is 18.7 Å². The van der Waals surface area contributed by atoms with Crippen LogP contribution in [0.15, 0.2) is 41.3 Å². The van der Waals surface area contributed by atoms with Crippen molar-refractivity contribution in [2.75, 3.05) is 31.3 Å². The van der Waals surface area contributed by atoms with Gasteiger partial charge in [-0.2, -0.15) is 0 Å². The van der Waals surface area contributed by atoms with E-state index in [1.54, 1.807) is 7.11 Å². The van der Waals surface area contributed by atoms with Crippen LogP contribution >= 0.6 is 11.8 Å². The van der Waals surface area contributed by atoms with Crippen LogP contribution in [-0.2, 0) is 9.59 Å². The average Bonchev–Trinajstić information content (AvgIpc) is 2.74. The lowest BCUT2D eigenvalue weighted by Crippen LogP contribution is -2.38. The van der Waals surface area contributed by atoms with E-state index in [9.17, 15) is 22.8 Å². The summed E-state index contributed by atoms with van der Waals surface area (Å²) in [5.74, 6) is -4.14.